The minimum absolute atomic E-state index is 0.0414. The van der Waals surface area contributed by atoms with E-state index in [4.69, 9.17) is 4.74 Å². The molecule has 2 aromatic rings. The predicted molar refractivity (Wildman–Crippen MR) is 106 cm³/mol. The summed E-state index contributed by atoms with van der Waals surface area (Å²) in [6.07, 6.45) is 0.376. The molecular formula is C20H22BrN3O2. The molecular weight excluding hydrogens is 394 g/mol. The van der Waals surface area contributed by atoms with Crippen molar-refractivity contribution in [3.63, 3.8) is 0 Å². The molecule has 26 heavy (non-hydrogen) atoms. The molecule has 1 atom stereocenters. The van der Waals surface area contributed by atoms with Crippen LogP contribution in [0.4, 0.5) is 0 Å². The van der Waals surface area contributed by atoms with E-state index in [2.05, 4.69) is 26.2 Å². The molecule has 0 saturated carbocycles. The van der Waals surface area contributed by atoms with Crippen molar-refractivity contribution in [1.82, 2.24) is 10.2 Å². The van der Waals surface area contributed by atoms with Crippen LogP contribution in [0.15, 0.2) is 58.0 Å². The van der Waals surface area contributed by atoms with E-state index in [0.717, 1.165) is 21.3 Å². The third-order valence-electron chi connectivity index (χ3n) is 4.62. The summed E-state index contributed by atoms with van der Waals surface area (Å²) in [5, 5.41) is 3.46. The average molecular weight is 416 g/mol. The standard InChI is InChI=1S/C20H22BrN3O2/c1-20(15-5-4-6-16(21)11-15)12-18(25)24(2)19(23-20)22-13-14-7-9-17(26-3)10-8-14/h4-11H,12-13H2,1-3H3,(H,22,23). The molecule has 1 heterocycles. The summed E-state index contributed by atoms with van der Waals surface area (Å²) in [4.78, 5) is 18.8. The maximum absolute atomic E-state index is 12.6. The fourth-order valence-electron chi connectivity index (χ4n) is 2.96. The highest BCUT2D eigenvalue weighted by atomic mass is 79.9. The molecule has 5 nitrogen and oxygen atoms in total. The van der Waals surface area contributed by atoms with E-state index in [1.807, 2.05) is 55.5 Å². The lowest BCUT2D eigenvalue weighted by molar-refractivity contribution is -0.129. The van der Waals surface area contributed by atoms with Crippen LogP contribution in [0, 0.1) is 0 Å². The first kappa shape index (κ1) is 18.5. The largest absolute Gasteiger partial charge is 0.497 e. The van der Waals surface area contributed by atoms with Crippen molar-refractivity contribution in [3.8, 4) is 5.75 Å². The summed E-state index contributed by atoms with van der Waals surface area (Å²) in [7, 11) is 3.40. The minimum Gasteiger partial charge on any atom is -0.497 e. The zero-order valence-electron chi connectivity index (χ0n) is 15.1. The lowest BCUT2D eigenvalue weighted by Crippen LogP contribution is -2.58. The molecule has 1 saturated heterocycles. The van der Waals surface area contributed by atoms with Crippen LogP contribution in [0.3, 0.4) is 0 Å². The second kappa shape index (κ2) is 7.50. The number of aliphatic imine (C=N–C) groups is 1. The number of benzene rings is 2. The highest BCUT2D eigenvalue weighted by Gasteiger charge is 2.38. The van der Waals surface area contributed by atoms with Gasteiger partial charge in [-0.1, -0.05) is 40.2 Å². The Morgan fingerprint density at radius 3 is 2.65 bits per heavy atom. The summed E-state index contributed by atoms with van der Waals surface area (Å²) in [5.41, 5.74) is 1.60. The molecule has 0 radical (unpaired) electrons. The number of amides is 1. The topological polar surface area (TPSA) is 53.9 Å². The van der Waals surface area contributed by atoms with Crippen LogP contribution in [-0.4, -0.2) is 30.9 Å². The summed E-state index contributed by atoms with van der Waals surface area (Å²) >= 11 is 3.50. The van der Waals surface area contributed by atoms with Crippen LogP contribution in [0.25, 0.3) is 0 Å². The van der Waals surface area contributed by atoms with Crippen molar-refractivity contribution in [3.05, 3.63) is 64.1 Å². The van der Waals surface area contributed by atoms with Crippen LogP contribution in [0.1, 0.15) is 24.5 Å². The molecule has 136 valence electrons. The fourth-order valence-corrected chi connectivity index (χ4v) is 3.36. The van der Waals surface area contributed by atoms with Crippen molar-refractivity contribution in [2.45, 2.75) is 25.4 Å². The van der Waals surface area contributed by atoms with Crippen molar-refractivity contribution >= 4 is 27.8 Å². The summed E-state index contributed by atoms with van der Waals surface area (Å²) in [5.74, 6) is 1.44. The van der Waals surface area contributed by atoms with Crippen molar-refractivity contribution in [2.24, 2.45) is 4.99 Å². The lowest BCUT2D eigenvalue weighted by atomic mass is 9.87. The van der Waals surface area contributed by atoms with Gasteiger partial charge >= 0.3 is 0 Å². The van der Waals surface area contributed by atoms with Gasteiger partial charge < -0.3 is 10.1 Å². The number of nitrogens with zero attached hydrogens (tertiary/aromatic N) is 2. The maximum Gasteiger partial charge on any atom is 0.231 e. The van der Waals surface area contributed by atoms with Gasteiger partial charge in [-0.15, -0.1) is 0 Å². The Morgan fingerprint density at radius 2 is 2.00 bits per heavy atom. The molecule has 6 heteroatoms. The van der Waals surface area contributed by atoms with Crippen LogP contribution < -0.4 is 10.1 Å². The Kier molecular flexibility index (Phi) is 5.32. The van der Waals surface area contributed by atoms with Crippen LogP contribution in [-0.2, 0) is 16.9 Å². The highest BCUT2D eigenvalue weighted by Crippen LogP contribution is 2.30. The van der Waals surface area contributed by atoms with E-state index in [9.17, 15) is 4.79 Å². The van der Waals surface area contributed by atoms with Crippen LogP contribution >= 0.6 is 15.9 Å². The normalized spacial score (nSPS) is 21.6. The molecule has 0 bridgehead atoms. The second-order valence-corrected chi connectivity index (χ2v) is 7.50. The van der Waals surface area contributed by atoms with Gasteiger partial charge in [-0.2, -0.15) is 0 Å². The third-order valence-corrected chi connectivity index (χ3v) is 5.11. The number of carbonyl (C=O) groups is 1. The molecule has 1 N–H and O–H groups in total. The molecule has 1 amide bonds. The zero-order valence-corrected chi connectivity index (χ0v) is 16.7. The first-order chi connectivity index (χ1) is 12.4. The monoisotopic (exact) mass is 415 g/mol. The number of ether oxygens (including phenoxy) is 1. The average Bonchev–Trinajstić information content (AvgIpc) is 2.64. The molecule has 1 unspecified atom stereocenters. The van der Waals surface area contributed by atoms with E-state index in [-0.39, 0.29) is 5.91 Å². The number of rotatable bonds is 4. The number of guanidine groups is 1. The summed E-state index contributed by atoms with van der Waals surface area (Å²) in [6.45, 7) is 2.51. The molecule has 0 aliphatic carbocycles. The summed E-state index contributed by atoms with van der Waals surface area (Å²) in [6, 6.07) is 15.8. The van der Waals surface area contributed by atoms with Gasteiger partial charge in [0.1, 0.15) is 5.75 Å². The Morgan fingerprint density at radius 1 is 1.27 bits per heavy atom. The molecule has 0 spiro atoms. The van der Waals surface area contributed by atoms with Gasteiger partial charge in [0.2, 0.25) is 11.9 Å². The number of carbonyl (C=O) groups excluding carboxylic acids is 1. The molecule has 3 rings (SSSR count). The first-order valence-electron chi connectivity index (χ1n) is 8.39. The number of halogens is 1. The molecule has 1 aliphatic heterocycles. The molecule has 1 aliphatic rings. The van der Waals surface area contributed by atoms with E-state index >= 15 is 0 Å². The Hall–Kier alpha value is -2.34. The lowest BCUT2D eigenvalue weighted by Gasteiger charge is -2.40. The third kappa shape index (κ3) is 3.90. The number of hydrogen-bond acceptors (Lipinski definition) is 3. The predicted octanol–water partition coefficient (Wildman–Crippen LogP) is 3.68. The Labute approximate surface area is 162 Å². The van der Waals surface area contributed by atoms with Crippen molar-refractivity contribution < 1.29 is 9.53 Å². The van der Waals surface area contributed by atoms with Crippen LogP contribution in [0.5, 0.6) is 5.75 Å². The maximum atomic E-state index is 12.6. The Bertz CT molecular complexity index is 835. The van der Waals surface area contributed by atoms with E-state index in [1.54, 1.807) is 19.1 Å². The smallest absolute Gasteiger partial charge is 0.231 e. The van der Waals surface area contributed by atoms with Gasteiger partial charge in [0, 0.05) is 11.5 Å². The molecule has 2 aromatic carbocycles. The van der Waals surface area contributed by atoms with Gasteiger partial charge in [-0.3, -0.25) is 9.69 Å². The van der Waals surface area contributed by atoms with Gasteiger partial charge in [0.05, 0.1) is 25.6 Å². The SMILES string of the molecule is COc1ccc(CN=C2NC(C)(c3cccc(Br)c3)CC(=O)N2C)cc1. The van der Waals surface area contributed by atoms with E-state index in [0.29, 0.717) is 18.9 Å². The van der Waals surface area contributed by atoms with Crippen molar-refractivity contribution in [1.29, 1.82) is 0 Å². The van der Waals surface area contributed by atoms with Gasteiger partial charge in [-0.25, -0.2) is 4.99 Å². The van der Waals surface area contributed by atoms with Gasteiger partial charge in [-0.05, 0) is 42.3 Å². The number of hydrogen-bond donors (Lipinski definition) is 1. The van der Waals surface area contributed by atoms with Crippen molar-refractivity contribution in [2.75, 3.05) is 14.2 Å². The first-order valence-corrected chi connectivity index (χ1v) is 9.19. The fraction of sp³-hybridized carbons (Fsp3) is 0.300. The quantitative estimate of drug-likeness (QED) is 0.828. The van der Waals surface area contributed by atoms with Crippen LogP contribution in [0.2, 0.25) is 0 Å². The second-order valence-electron chi connectivity index (χ2n) is 6.58. The van der Waals surface area contributed by atoms with E-state index < -0.39 is 5.54 Å². The molecule has 0 aromatic heterocycles. The van der Waals surface area contributed by atoms with Gasteiger partial charge in [0.25, 0.3) is 0 Å². The van der Waals surface area contributed by atoms with Gasteiger partial charge in [0.15, 0.2) is 0 Å². The Balaban J connectivity index is 1.84. The van der Waals surface area contributed by atoms with E-state index in [1.165, 1.54) is 0 Å². The highest BCUT2D eigenvalue weighted by molar-refractivity contribution is 9.10. The molecule has 1 fully saturated rings. The summed E-state index contributed by atoms with van der Waals surface area (Å²) < 4.78 is 6.16. The zero-order chi connectivity index (χ0) is 18.7. The minimum atomic E-state index is -0.494. The number of nitrogens with one attached hydrogen (secondary N) is 1. The number of methoxy groups -OCH3 is 1.